The molecule has 1 heterocycles. The summed E-state index contributed by atoms with van der Waals surface area (Å²) < 4.78 is 0. The van der Waals surface area contributed by atoms with Crippen molar-refractivity contribution in [2.45, 2.75) is 37.0 Å². The van der Waals surface area contributed by atoms with E-state index in [1.807, 2.05) is 24.3 Å². The number of amides is 3. The second-order valence-corrected chi connectivity index (χ2v) is 9.29. The van der Waals surface area contributed by atoms with Gasteiger partial charge < -0.3 is 42.0 Å². The number of rotatable bonds is 13. The Labute approximate surface area is 229 Å². The fourth-order valence-corrected chi connectivity index (χ4v) is 4.17. The van der Waals surface area contributed by atoms with E-state index in [0.29, 0.717) is 11.1 Å². The van der Waals surface area contributed by atoms with Gasteiger partial charge in [-0.05, 0) is 35.7 Å². The number of nitrogens with two attached hydrogens (primary N) is 1. The van der Waals surface area contributed by atoms with Gasteiger partial charge >= 0.3 is 5.97 Å². The molecule has 1 aromatic heterocycles. The summed E-state index contributed by atoms with van der Waals surface area (Å²) in [5, 5.41) is 36.7. The van der Waals surface area contributed by atoms with E-state index in [9.17, 15) is 34.5 Å². The van der Waals surface area contributed by atoms with Gasteiger partial charge in [0, 0.05) is 29.3 Å². The number of H-pyrrole nitrogens is 1. The molecule has 0 aliphatic heterocycles. The third-order valence-corrected chi connectivity index (χ3v) is 6.44. The number of aliphatic hydroxyl groups is 1. The van der Waals surface area contributed by atoms with Gasteiger partial charge in [-0.15, -0.1) is 0 Å². The number of hydrogen-bond acceptors (Lipinski definition) is 8. The van der Waals surface area contributed by atoms with Crippen LogP contribution in [0, 0.1) is 0 Å². The van der Waals surface area contributed by atoms with E-state index in [1.54, 1.807) is 18.3 Å². The minimum Gasteiger partial charge on any atom is -0.508 e. The highest BCUT2D eigenvalue weighted by molar-refractivity contribution is 7.80. The summed E-state index contributed by atoms with van der Waals surface area (Å²) >= 11 is 4.09. The van der Waals surface area contributed by atoms with E-state index >= 15 is 0 Å². The summed E-state index contributed by atoms with van der Waals surface area (Å²) in [5.41, 5.74) is 8.10. The summed E-state index contributed by atoms with van der Waals surface area (Å²) in [7, 11) is 0. The minimum atomic E-state index is -1.42. The Balaban J connectivity index is 1.59. The number of carboxylic acid groups (broad SMARTS) is 1. The Morgan fingerprint density at radius 3 is 2.13 bits per heavy atom. The van der Waals surface area contributed by atoms with Crippen molar-refractivity contribution >= 4 is 47.2 Å². The monoisotopic (exact) mass is 557 g/mol. The third kappa shape index (κ3) is 7.96. The number of hydrogen-bond donors (Lipinski definition) is 9. The first-order valence-electron chi connectivity index (χ1n) is 12.1. The SMILES string of the molecule is NC(Cc1ccc(O)cc1)C(=O)NC(CO)C(=O)NC(CS)C(=O)NC(Cc1c[nH]c2ccccc12)C(=O)O. The van der Waals surface area contributed by atoms with E-state index in [0.717, 1.165) is 10.9 Å². The van der Waals surface area contributed by atoms with Gasteiger partial charge in [0.05, 0.1) is 12.6 Å². The number of aromatic amines is 1. The van der Waals surface area contributed by atoms with Crippen LogP contribution in [0.3, 0.4) is 0 Å². The largest absolute Gasteiger partial charge is 0.508 e. The number of carboxylic acids is 1. The molecule has 3 rings (SSSR count). The van der Waals surface area contributed by atoms with Crippen LogP contribution < -0.4 is 21.7 Å². The number of carbonyl (C=O) groups is 4. The van der Waals surface area contributed by atoms with E-state index in [-0.39, 0.29) is 24.3 Å². The normalized spacial score (nSPS) is 14.1. The van der Waals surface area contributed by atoms with Gasteiger partial charge in [-0.3, -0.25) is 14.4 Å². The summed E-state index contributed by atoms with van der Waals surface area (Å²) in [6, 6.07) is 8.40. The zero-order valence-corrected chi connectivity index (χ0v) is 21.7. The van der Waals surface area contributed by atoms with Crippen molar-refractivity contribution in [2.75, 3.05) is 12.4 Å². The number of thiol groups is 1. The summed E-state index contributed by atoms with van der Waals surface area (Å²) in [6.45, 7) is -0.775. The van der Waals surface area contributed by atoms with Crippen LogP contribution in [0.15, 0.2) is 54.7 Å². The van der Waals surface area contributed by atoms with Gasteiger partial charge in [0.25, 0.3) is 0 Å². The molecule has 39 heavy (non-hydrogen) atoms. The molecule has 3 aromatic rings. The summed E-state index contributed by atoms with van der Waals surface area (Å²) in [6.07, 6.45) is 1.78. The molecule has 13 heteroatoms. The smallest absolute Gasteiger partial charge is 0.326 e. The molecule has 0 radical (unpaired) electrons. The quantitative estimate of drug-likeness (QED) is 0.124. The lowest BCUT2D eigenvalue weighted by Gasteiger charge is -2.23. The Morgan fingerprint density at radius 2 is 1.49 bits per heavy atom. The highest BCUT2D eigenvalue weighted by Gasteiger charge is 2.30. The maximum Gasteiger partial charge on any atom is 0.326 e. The van der Waals surface area contributed by atoms with Crippen molar-refractivity contribution in [3.63, 3.8) is 0 Å². The standard InChI is InChI=1S/C26H31N5O7S/c27-18(9-14-5-7-16(33)8-6-14)23(34)30-21(12-32)24(35)31-22(13-39)25(36)29-20(26(37)38)10-15-11-28-19-4-2-1-3-17(15)19/h1-8,11,18,20-22,28,32-33,39H,9-10,12-13,27H2,(H,29,36)(H,30,34)(H,31,35)(H,37,38). The van der Waals surface area contributed by atoms with Crippen molar-refractivity contribution in [2.24, 2.45) is 5.73 Å². The lowest BCUT2D eigenvalue weighted by Crippen LogP contribution is -2.58. The summed E-state index contributed by atoms with van der Waals surface area (Å²) in [5.74, 6) is -3.76. The number of fused-ring (bicyclic) bond motifs is 1. The highest BCUT2D eigenvalue weighted by atomic mass is 32.1. The summed E-state index contributed by atoms with van der Waals surface area (Å²) in [4.78, 5) is 53.0. The number of phenolic OH excluding ortho intramolecular Hbond substituents is 1. The van der Waals surface area contributed by atoms with Crippen molar-refractivity contribution in [3.05, 3.63) is 65.9 Å². The predicted octanol–water partition coefficient (Wildman–Crippen LogP) is -0.553. The second kappa shape index (κ2) is 13.6. The van der Waals surface area contributed by atoms with Crippen LogP contribution >= 0.6 is 12.6 Å². The van der Waals surface area contributed by atoms with Crippen LogP contribution in [-0.2, 0) is 32.0 Å². The van der Waals surface area contributed by atoms with Gasteiger partial charge in [0.1, 0.15) is 23.9 Å². The first-order chi connectivity index (χ1) is 18.6. The van der Waals surface area contributed by atoms with Gasteiger partial charge in [-0.1, -0.05) is 30.3 Å². The van der Waals surface area contributed by atoms with E-state index in [1.165, 1.54) is 12.1 Å². The molecule has 4 unspecified atom stereocenters. The number of phenols is 1. The fourth-order valence-electron chi connectivity index (χ4n) is 3.91. The molecule has 9 N–H and O–H groups in total. The maximum atomic E-state index is 12.9. The van der Waals surface area contributed by atoms with Crippen LogP contribution in [0.1, 0.15) is 11.1 Å². The molecule has 0 bridgehead atoms. The molecular weight excluding hydrogens is 526 g/mol. The van der Waals surface area contributed by atoms with E-state index < -0.39 is 54.5 Å². The molecule has 4 atom stereocenters. The van der Waals surface area contributed by atoms with E-state index in [2.05, 4.69) is 33.6 Å². The molecule has 0 aliphatic rings. The van der Waals surface area contributed by atoms with Crippen molar-refractivity contribution in [3.8, 4) is 5.75 Å². The van der Waals surface area contributed by atoms with Crippen molar-refractivity contribution in [1.82, 2.24) is 20.9 Å². The molecular formula is C26H31N5O7S. The topological polar surface area (TPSA) is 207 Å². The molecule has 208 valence electrons. The minimum absolute atomic E-state index is 0.00737. The first kappa shape index (κ1) is 29.5. The number of aromatic nitrogens is 1. The van der Waals surface area contributed by atoms with Gasteiger partial charge in [-0.25, -0.2) is 4.79 Å². The van der Waals surface area contributed by atoms with Crippen LogP contribution in [-0.4, -0.2) is 80.5 Å². The van der Waals surface area contributed by atoms with Gasteiger partial charge in [0.15, 0.2) is 0 Å². The molecule has 0 spiro atoms. The number of benzene rings is 2. The van der Waals surface area contributed by atoms with Crippen LogP contribution in [0.4, 0.5) is 0 Å². The molecule has 3 amide bonds. The average molecular weight is 558 g/mol. The molecule has 0 saturated carbocycles. The zero-order valence-electron chi connectivity index (χ0n) is 20.8. The molecule has 0 saturated heterocycles. The highest BCUT2D eigenvalue weighted by Crippen LogP contribution is 2.19. The Bertz CT molecular complexity index is 1310. The Kier molecular flexibility index (Phi) is 10.3. The van der Waals surface area contributed by atoms with Crippen molar-refractivity contribution in [1.29, 1.82) is 0 Å². The molecule has 12 nitrogen and oxygen atoms in total. The molecule has 2 aromatic carbocycles. The number of aliphatic hydroxyl groups excluding tert-OH is 1. The van der Waals surface area contributed by atoms with Crippen LogP contribution in [0.25, 0.3) is 10.9 Å². The van der Waals surface area contributed by atoms with Crippen LogP contribution in [0.5, 0.6) is 5.75 Å². The number of aromatic hydroxyl groups is 1. The number of nitrogens with one attached hydrogen (secondary N) is 4. The van der Waals surface area contributed by atoms with E-state index in [4.69, 9.17) is 5.73 Å². The lowest BCUT2D eigenvalue weighted by atomic mass is 10.0. The molecule has 0 aliphatic carbocycles. The number of para-hydroxylation sites is 1. The lowest BCUT2D eigenvalue weighted by molar-refractivity contribution is -0.142. The number of aliphatic carboxylic acids is 1. The van der Waals surface area contributed by atoms with Gasteiger partial charge in [-0.2, -0.15) is 12.6 Å². The maximum absolute atomic E-state index is 12.9. The predicted molar refractivity (Wildman–Crippen MR) is 146 cm³/mol. The fraction of sp³-hybridized carbons (Fsp3) is 0.308. The second-order valence-electron chi connectivity index (χ2n) is 8.93. The first-order valence-corrected chi connectivity index (χ1v) is 12.7. The van der Waals surface area contributed by atoms with Gasteiger partial charge in [0.2, 0.25) is 17.7 Å². The average Bonchev–Trinajstić information content (AvgIpc) is 3.33. The van der Waals surface area contributed by atoms with Crippen molar-refractivity contribution < 1.29 is 34.5 Å². The van der Waals surface area contributed by atoms with Crippen LogP contribution in [0.2, 0.25) is 0 Å². The zero-order chi connectivity index (χ0) is 28.5. The third-order valence-electron chi connectivity index (χ3n) is 6.07. The number of carbonyl (C=O) groups excluding carboxylic acids is 3. The Morgan fingerprint density at radius 1 is 0.872 bits per heavy atom. The molecule has 0 fully saturated rings. The Hall–Kier alpha value is -4.07.